The molecule has 0 aliphatic heterocycles. The Labute approximate surface area is 194 Å². The van der Waals surface area contributed by atoms with Gasteiger partial charge in [0.1, 0.15) is 0 Å². The number of methoxy groups -OCH3 is 1. The van der Waals surface area contributed by atoms with Crippen molar-refractivity contribution >= 4 is 39.7 Å². The molecule has 3 rings (SSSR count). The van der Waals surface area contributed by atoms with Crippen LogP contribution in [0.25, 0.3) is 0 Å². The number of hydrazone groups is 1. The number of rotatable bonds is 8. The zero-order chi connectivity index (χ0) is 22.9. The Morgan fingerprint density at radius 1 is 1.03 bits per heavy atom. The smallest absolute Gasteiger partial charge is 0.343 e. The maximum atomic E-state index is 12.3. The molecule has 3 aromatic carbocycles. The van der Waals surface area contributed by atoms with Gasteiger partial charge >= 0.3 is 5.97 Å². The SMILES string of the molecule is COc1cc(/C=N/NC(=O)CNc2ccccc2C)ccc1OC(=O)c1ccc(Br)cc1. The highest BCUT2D eigenvalue weighted by Gasteiger charge is 2.13. The average molecular weight is 496 g/mol. The van der Waals surface area contributed by atoms with Crippen LogP contribution < -0.4 is 20.2 Å². The number of hydrogen-bond donors (Lipinski definition) is 2. The van der Waals surface area contributed by atoms with E-state index in [1.54, 1.807) is 42.5 Å². The summed E-state index contributed by atoms with van der Waals surface area (Å²) in [5.41, 5.74) is 5.50. The van der Waals surface area contributed by atoms with Crippen LogP contribution >= 0.6 is 15.9 Å². The fraction of sp³-hybridized carbons (Fsp3) is 0.125. The summed E-state index contributed by atoms with van der Waals surface area (Å²) in [6.45, 7) is 2.06. The number of esters is 1. The predicted octanol–water partition coefficient (Wildman–Crippen LogP) is 4.55. The zero-order valence-corrected chi connectivity index (χ0v) is 19.2. The third-order valence-electron chi connectivity index (χ3n) is 4.46. The number of carbonyl (C=O) groups is 2. The number of benzene rings is 3. The molecule has 0 aliphatic carbocycles. The molecular formula is C24H22BrN3O4. The van der Waals surface area contributed by atoms with E-state index in [0.29, 0.717) is 16.9 Å². The highest BCUT2D eigenvalue weighted by molar-refractivity contribution is 9.10. The first-order chi connectivity index (χ1) is 15.5. The van der Waals surface area contributed by atoms with Gasteiger partial charge in [-0.15, -0.1) is 0 Å². The number of para-hydroxylation sites is 1. The molecule has 0 atom stereocenters. The largest absolute Gasteiger partial charge is 0.493 e. The molecule has 8 heteroatoms. The Hall–Kier alpha value is -3.65. The first-order valence-electron chi connectivity index (χ1n) is 9.73. The van der Waals surface area contributed by atoms with Gasteiger partial charge in [-0.1, -0.05) is 34.1 Å². The molecule has 0 saturated heterocycles. The number of nitrogens with one attached hydrogen (secondary N) is 2. The van der Waals surface area contributed by atoms with Crippen molar-refractivity contribution in [3.05, 3.63) is 87.9 Å². The molecule has 7 nitrogen and oxygen atoms in total. The van der Waals surface area contributed by atoms with Crippen molar-refractivity contribution in [3.63, 3.8) is 0 Å². The molecule has 3 aromatic rings. The highest BCUT2D eigenvalue weighted by Crippen LogP contribution is 2.28. The van der Waals surface area contributed by atoms with Gasteiger partial charge < -0.3 is 14.8 Å². The second kappa shape index (κ2) is 11.1. The summed E-state index contributed by atoms with van der Waals surface area (Å²) in [6.07, 6.45) is 1.48. The highest BCUT2D eigenvalue weighted by atomic mass is 79.9. The minimum atomic E-state index is -0.495. The van der Waals surface area contributed by atoms with Crippen molar-refractivity contribution in [2.45, 2.75) is 6.92 Å². The van der Waals surface area contributed by atoms with E-state index in [1.165, 1.54) is 13.3 Å². The van der Waals surface area contributed by atoms with Crippen LogP contribution in [-0.2, 0) is 4.79 Å². The molecule has 0 bridgehead atoms. The molecule has 2 N–H and O–H groups in total. The lowest BCUT2D eigenvalue weighted by Crippen LogP contribution is -2.26. The van der Waals surface area contributed by atoms with Gasteiger partial charge in [-0.2, -0.15) is 5.10 Å². The molecule has 0 aliphatic rings. The Kier molecular flexibility index (Phi) is 7.99. The summed E-state index contributed by atoms with van der Waals surface area (Å²) in [5, 5.41) is 7.03. The van der Waals surface area contributed by atoms with E-state index in [-0.39, 0.29) is 18.2 Å². The third-order valence-corrected chi connectivity index (χ3v) is 4.99. The summed E-state index contributed by atoms with van der Waals surface area (Å²) >= 11 is 3.33. The van der Waals surface area contributed by atoms with Crippen LogP contribution in [0.3, 0.4) is 0 Å². The van der Waals surface area contributed by atoms with E-state index in [4.69, 9.17) is 9.47 Å². The van der Waals surface area contributed by atoms with Gasteiger partial charge in [0.05, 0.1) is 25.4 Å². The summed E-state index contributed by atoms with van der Waals surface area (Å²) < 4.78 is 11.6. The number of hydrogen-bond acceptors (Lipinski definition) is 6. The van der Waals surface area contributed by atoms with Crippen LogP contribution in [-0.4, -0.2) is 31.7 Å². The molecule has 0 radical (unpaired) electrons. The van der Waals surface area contributed by atoms with Crippen molar-refractivity contribution in [2.75, 3.05) is 19.0 Å². The lowest BCUT2D eigenvalue weighted by atomic mass is 10.2. The quantitative estimate of drug-likeness (QED) is 0.207. The summed E-state index contributed by atoms with van der Waals surface area (Å²) in [4.78, 5) is 24.3. The Morgan fingerprint density at radius 2 is 1.78 bits per heavy atom. The van der Waals surface area contributed by atoms with E-state index in [9.17, 15) is 9.59 Å². The Morgan fingerprint density at radius 3 is 2.50 bits per heavy atom. The van der Waals surface area contributed by atoms with Crippen LogP contribution in [0.15, 0.2) is 76.3 Å². The molecule has 0 unspecified atom stereocenters. The van der Waals surface area contributed by atoms with Crippen LogP contribution in [0.4, 0.5) is 5.69 Å². The first-order valence-corrected chi connectivity index (χ1v) is 10.5. The maximum Gasteiger partial charge on any atom is 0.343 e. The fourth-order valence-corrected chi connectivity index (χ4v) is 3.02. The minimum Gasteiger partial charge on any atom is -0.493 e. The Balaban J connectivity index is 1.57. The predicted molar refractivity (Wildman–Crippen MR) is 127 cm³/mol. The molecule has 0 fully saturated rings. The number of ether oxygens (including phenoxy) is 2. The number of carbonyl (C=O) groups excluding carboxylic acids is 2. The number of halogens is 1. The molecule has 1 amide bonds. The van der Waals surface area contributed by atoms with Gasteiger partial charge in [0, 0.05) is 10.2 Å². The van der Waals surface area contributed by atoms with Crippen molar-refractivity contribution < 1.29 is 19.1 Å². The minimum absolute atomic E-state index is 0.0937. The van der Waals surface area contributed by atoms with E-state index >= 15 is 0 Å². The lowest BCUT2D eigenvalue weighted by molar-refractivity contribution is -0.119. The number of anilines is 1. The van der Waals surface area contributed by atoms with Crippen LogP contribution in [0.1, 0.15) is 21.5 Å². The monoisotopic (exact) mass is 495 g/mol. The van der Waals surface area contributed by atoms with Gasteiger partial charge in [-0.25, -0.2) is 10.2 Å². The second-order valence-corrected chi connectivity index (χ2v) is 7.68. The van der Waals surface area contributed by atoms with Crippen molar-refractivity contribution in [2.24, 2.45) is 5.10 Å². The fourth-order valence-electron chi connectivity index (χ4n) is 2.76. The molecular weight excluding hydrogens is 474 g/mol. The van der Waals surface area contributed by atoms with Gasteiger partial charge in [0.2, 0.25) is 0 Å². The second-order valence-electron chi connectivity index (χ2n) is 6.77. The number of amides is 1. The van der Waals surface area contributed by atoms with E-state index in [1.807, 2.05) is 31.2 Å². The van der Waals surface area contributed by atoms with Crippen LogP contribution in [0, 0.1) is 6.92 Å². The average Bonchev–Trinajstić information content (AvgIpc) is 2.79. The molecule has 0 heterocycles. The molecule has 164 valence electrons. The standard InChI is InChI=1S/C24H22BrN3O4/c1-16-5-3-4-6-20(16)26-15-23(29)28-27-14-17-7-12-21(22(13-17)31-2)32-24(30)18-8-10-19(25)11-9-18/h3-14,26H,15H2,1-2H3,(H,28,29)/b27-14+. The molecule has 0 spiro atoms. The van der Waals surface area contributed by atoms with Crippen LogP contribution in [0.2, 0.25) is 0 Å². The van der Waals surface area contributed by atoms with Gasteiger partial charge in [0.15, 0.2) is 11.5 Å². The molecule has 0 aromatic heterocycles. The number of aryl methyl sites for hydroxylation is 1. The first kappa shape index (κ1) is 23.0. The third kappa shape index (κ3) is 6.42. The van der Waals surface area contributed by atoms with Gasteiger partial charge in [-0.05, 0) is 66.6 Å². The zero-order valence-electron chi connectivity index (χ0n) is 17.6. The van der Waals surface area contributed by atoms with Crippen molar-refractivity contribution in [1.82, 2.24) is 5.43 Å². The van der Waals surface area contributed by atoms with Crippen molar-refractivity contribution in [3.8, 4) is 11.5 Å². The van der Waals surface area contributed by atoms with E-state index in [2.05, 4.69) is 31.8 Å². The normalized spacial score (nSPS) is 10.6. The lowest BCUT2D eigenvalue weighted by Gasteiger charge is -2.10. The van der Waals surface area contributed by atoms with Crippen LogP contribution in [0.5, 0.6) is 11.5 Å². The van der Waals surface area contributed by atoms with E-state index in [0.717, 1.165) is 15.7 Å². The summed E-state index contributed by atoms with van der Waals surface area (Å²) in [6, 6.07) is 19.5. The Bertz CT molecular complexity index is 1130. The van der Waals surface area contributed by atoms with Crippen molar-refractivity contribution in [1.29, 1.82) is 0 Å². The topological polar surface area (TPSA) is 89.0 Å². The van der Waals surface area contributed by atoms with E-state index < -0.39 is 5.97 Å². The summed E-state index contributed by atoms with van der Waals surface area (Å²) in [7, 11) is 1.48. The van der Waals surface area contributed by atoms with Gasteiger partial charge in [-0.3, -0.25) is 4.79 Å². The van der Waals surface area contributed by atoms with Gasteiger partial charge in [0.25, 0.3) is 5.91 Å². The molecule has 32 heavy (non-hydrogen) atoms. The maximum absolute atomic E-state index is 12.3. The summed E-state index contributed by atoms with van der Waals surface area (Å²) in [5.74, 6) is -0.127. The molecule has 0 saturated carbocycles. The number of nitrogens with zero attached hydrogens (tertiary/aromatic N) is 1.